The Balaban J connectivity index is 1.82. The zero-order valence-electron chi connectivity index (χ0n) is 14.6. The molecule has 0 bridgehead atoms. The molecule has 0 amide bonds. The largest absolute Gasteiger partial charge is 0.497 e. The van der Waals surface area contributed by atoms with E-state index in [0.717, 1.165) is 30.9 Å². The molecule has 4 rings (SSSR count). The number of nitrogens with zero attached hydrogens (tertiary/aromatic N) is 2. The number of hydrogen-bond donors (Lipinski definition) is 0. The van der Waals surface area contributed by atoms with Crippen LogP contribution in [-0.4, -0.2) is 35.1 Å². The molecule has 2 aromatic carbocycles. The van der Waals surface area contributed by atoms with Crippen molar-refractivity contribution in [3.63, 3.8) is 0 Å². The maximum absolute atomic E-state index is 13.2. The molecule has 3 aromatic rings. The predicted molar refractivity (Wildman–Crippen MR) is 104 cm³/mol. The standard InChI is InChI=1S/C20H20N2O3S/c1-24-15-7-4-6-14(12-15)22-19(23)17-9-2-3-10-18(17)21-20(22)26-13-16-8-5-11-25-16/h2-4,6-7,9-10,12,16H,5,8,11,13H2,1H3/t16-/m0/s1. The predicted octanol–water partition coefficient (Wildman–Crippen LogP) is 3.67. The van der Waals surface area contributed by atoms with Gasteiger partial charge in [-0.1, -0.05) is 30.0 Å². The maximum Gasteiger partial charge on any atom is 0.266 e. The van der Waals surface area contributed by atoms with E-state index >= 15 is 0 Å². The average Bonchev–Trinajstić information content (AvgIpc) is 3.20. The van der Waals surface area contributed by atoms with Gasteiger partial charge in [0.05, 0.1) is 29.8 Å². The van der Waals surface area contributed by atoms with Crippen molar-refractivity contribution in [2.45, 2.75) is 24.1 Å². The summed E-state index contributed by atoms with van der Waals surface area (Å²) in [5.74, 6) is 1.49. The van der Waals surface area contributed by atoms with Crippen LogP contribution in [0, 0.1) is 0 Å². The minimum absolute atomic E-state index is 0.0707. The lowest BCUT2D eigenvalue weighted by molar-refractivity contribution is 0.129. The van der Waals surface area contributed by atoms with Crippen LogP contribution in [0.4, 0.5) is 0 Å². The summed E-state index contributed by atoms with van der Waals surface area (Å²) in [5, 5.41) is 1.29. The van der Waals surface area contributed by atoms with Crippen molar-refractivity contribution in [1.82, 2.24) is 9.55 Å². The summed E-state index contributed by atoms with van der Waals surface area (Å²) in [7, 11) is 1.62. The van der Waals surface area contributed by atoms with Crippen LogP contribution in [0.1, 0.15) is 12.8 Å². The van der Waals surface area contributed by atoms with Gasteiger partial charge in [0, 0.05) is 18.4 Å². The molecule has 2 heterocycles. The summed E-state index contributed by atoms with van der Waals surface area (Å²) in [5.41, 5.74) is 1.40. The molecule has 0 unspecified atom stereocenters. The van der Waals surface area contributed by atoms with Gasteiger partial charge in [-0.2, -0.15) is 0 Å². The van der Waals surface area contributed by atoms with E-state index in [-0.39, 0.29) is 11.7 Å². The fourth-order valence-electron chi connectivity index (χ4n) is 3.13. The van der Waals surface area contributed by atoms with Crippen LogP contribution in [-0.2, 0) is 4.74 Å². The number of rotatable bonds is 5. The Hall–Kier alpha value is -2.31. The molecule has 1 aromatic heterocycles. The second kappa shape index (κ2) is 7.51. The van der Waals surface area contributed by atoms with Gasteiger partial charge in [-0.3, -0.25) is 9.36 Å². The van der Waals surface area contributed by atoms with Crippen LogP contribution in [0.5, 0.6) is 5.75 Å². The monoisotopic (exact) mass is 368 g/mol. The molecule has 0 spiro atoms. The molecule has 0 radical (unpaired) electrons. The van der Waals surface area contributed by atoms with Crippen molar-refractivity contribution in [2.75, 3.05) is 19.5 Å². The van der Waals surface area contributed by atoms with E-state index < -0.39 is 0 Å². The van der Waals surface area contributed by atoms with Crippen LogP contribution < -0.4 is 10.3 Å². The molecule has 6 heteroatoms. The van der Waals surface area contributed by atoms with Gasteiger partial charge in [0.2, 0.25) is 0 Å². The quantitative estimate of drug-likeness (QED) is 0.508. The van der Waals surface area contributed by atoms with Crippen molar-refractivity contribution in [1.29, 1.82) is 0 Å². The molecule has 1 saturated heterocycles. The normalized spacial score (nSPS) is 16.9. The molecule has 1 aliphatic heterocycles. The first-order chi connectivity index (χ1) is 12.8. The molecule has 1 fully saturated rings. The zero-order valence-corrected chi connectivity index (χ0v) is 15.4. The van der Waals surface area contributed by atoms with Gasteiger partial charge in [-0.05, 0) is 37.1 Å². The highest BCUT2D eigenvalue weighted by atomic mass is 32.2. The highest BCUT2D eigenvalue weighted by Crippen LogP contribution is 2.26. The second-order valence-electron chi connectivity index (χ2n) is 6.20. The van der Waals surface area contributed by atoms with E-state index in [2.05, 4.69) is 0 Å². The Morgan fingerprint density at radius 1 is 1.27 bits per heavy atom. The van der Waals surface area contributed by atoms with E-state index in [9.17, 15) is 4.79 Å². The minimum Gasteiger partial charge on any atom is -0.497 e. The van der Waals surface area contributed by atoms with Crippen molar-refractivity contribution >= 4 is 22.7 Å². The topological polar surface area (TPSA) is 53.4 Å². The van der Waals surface area contributed by atoms with Crippen molar-refractivity contribution < 1.29 is 9.47 Å². The van der Waals surface area contributed by atoms with Gasteiger partial charge in [0.15, 0.2) is 5.16 Å². The molecule has 26 heavy (non-hydrogen) atoms. The van der Waals surface area contributed by atoms with Crippen LogP contribution >= 0.6 is 11.8 Å². The van der Waals surface area contributed by atoms with Crippen LogP contribution in [0.3, 0.4) is 0 Å². The SMILES string of the molecule is COc1cccc(-n2c(SC[C@@H]3CCCO3)nc3ccccc3c2=O)c1. The summed E-state index contributed by atoms with van der Waals surface area (Å²) in [4.78, 5) is 17.9. The number of aromatic nitrogens is 2. The van der Waals surface area contributed by atoms with Gasteiger partial charge in [0.25, 0.3) is 5.56 Å². The molecule has 1 atom stereocenters. The van der Waals surface area contributed by atoms with Gasteiger partial charge in [-0.15, -0.1) is 0 Å². The summed E-state index contributed by atoms with van der Waals surface area (Å²) in [6, 6.07) is 15.0. The molecule has 134 valence electrons. The molecule has 0 N–H and O–H groups in total. The van der Waals surface area contributed by atoms with Gasteiger partial charge in [-0.25, -0.2) is 4.98 Å². The first kappa shape index (κ1) is 17.1. The zero-order chi connectivity index (χ0) is 17.9. The lowest BCUT2D eigenvalue weighted by Crippen LogP contribution is -2.22. The molecule has 0 aliphatic carbocycles. The van der Waals surface area contributed by atoms with E-state index in [0.29, 0.717) is 21.8 Å². The molecular formula is C20H20N2O3S. The summed E-state index contributed by atoms with van der Waals surface area (Å²) in [6.07, 6.45) is 2.38. The van der Waals surface area contributed by atoms with Crippen molar-refractivity contribution in [3.05, 3.63) is 58.9 Å². The Kier molecular flexibility index (Phi) is 4.95. The number of ether oxygens (including phenoxy) is 2. The number of thioether (sulfide) groups is 1. The summed E-state index contributed by atoms with van der Waals surface area (Å²) < 4.78 is 12.7. The van der Waals surface area contributed by atoms with Crippen LogP contribution in [0.2, 0.25) is 0 Å². The van der Waals surface area contributed by atoms with E-state index in [1.165, 1.54) is 0 Å². The third-order valence-corrected chi connectivity index (χ3v) is 5.55. The average molecular weight is 368 g/mol. The third kappa shape index (κ3) is 3.34. The molecule has 1 aliphatic rings. The first-order valence-corrected chi connectivity index (χ1v) is 9.65. The fourth-order valence-corrected chi connectivity index (χ4v) is 4.21. The Morgan fingerprint density at radius 2 is 2.15 bits per heavy atom. The number of fused-ring (bicyclic) bond motifs is 1. The van der Waals surface area contributed by atoms with Gasteiger partial charge < -0.3 is 9.47 Å². The van der Waals surface area contributed by atoms with E-state index in [1.807, 2.05) is 48.5 Å². The van der Waals surface area contributed by atoms with Gasteiger partial charge >= 0.3 is 0 Å². The molecular weight excluding hydrogens is 348 g/mol. The maximum atomic E-state index is 13.2. The molecule has 0 saturated carbocycles. The number of benzene rings is 2. The third-order valence-electron chi connectivity index (χ3n) is 4.48. The number of methoxy groups -OCH3 is 1. The molecule has 5 nitrogen and oxygen atoms in total. The van der Waals surface area contributed by atoms with Crippen molar-refractivity contribution in [2.24, 2.45) is 0 Å². The Labute approximate surface area is 156 Å². The lowest BCUT2D eigenvalue weighted by atomic mass is 10.2. The summed E-state index contributed by atoms with van der Waals surface area (Å²) in [6.45, 7) is 0.819. The second-order valence-corrected chi connectivity index (χ2v) is 7.19. The van der Waals surface area contributed by atoms with Gasteiger partial charge in [0.1, 0.15) is 5.75 Å². The lowest BCUT2D eigenvalue weighted by Gasteiger charge is -2.15. The van der Waals surface area contributed by atoms with Crippen LogP contribution in [0.15, 0.2) is 58.5 Å². The first-order valence-electron chi connectivity index (χ1n) is 8.67. The highest BCUT2D eigenvalue weighted by molar-refractivity contribution is 7.99. The summed E-state index contributed by atoms with van der Waals surface area (Å²) >= 11 is 1.57. The Bertz CT molecular complexity index is 980. The Morgan fingerprint density at radius 3 is 2.96 bits per heavy atom. The fraction of sp³-hybridized carbons (Fsp3) is 0.300. The smallest absolute Gasteiger partial charge is 0.266 e. The van der Waals surface area contributed by atoms with E-state index in [1.54, 1.807) is 23.4 Å². The highest BCUT2D eigenvalue weighted by Gasteiger charge is 2.19. The van der Waals surface area contributed by atoms with Crippen molar-refractivity contribution in [3.8, 4) is 11.4 Å². The number of hydrogen-bond acceptors (Lipinski definition) is 5. The van der Waals surface area contributed by atoms with Crippen LogP contribution in [0.25, 0.3) is 16.6 Å². The minimum atomic E-state index is -0.0707. The van der Waals surface area contributed by atoms with E-state index in [4.69, 9.17) is 14.5 Å². The number of para-hydroxylation sites is 1.